The van der Waals surface area contributed by atoms with Gasteiger partial charge in [-0.15, -0.1) is 0 Å². The van der Waals surface area contributed by atoms with Gasteiger partial charge in [0.15, 0.2) is 18.1 Å². The van der Waals surface area contributed by atoms with Crippen LogP contribution < -0.4 is 10.1 Å². The Hall–Kier alpha value is -3.02. The van der Waals surface area contributed by atoms with Crippen LogP contribution in [0.3, 0.4) is 0 Å². The van der Waals surface area contributed by atoms with Crippen molar-refractivity contribution in [3.8, 4) is 5.75 Å². The number of nitrogens with one attached hydrogen (secondary N) is 1. The number of anilines is 1. The van der Waals surface area contributed by atoms with Gasteiger partial charge in [-0.2, -0.15) is 0 Å². The Kier molecular flexibility index (Phi) is 6.44. The predicted molar refractivity (Wildman–Crippen MR) is 123 cm³/mol. The van der Waals surface area contributed by atoms with Crippen LogP contribution in [0.4, 0.5) is 5.69 Å². The van der Waals surface area contributed by atoms with Crippen LogP contribution in [0, 0.1) is 0 Å². The Bertz CT molecular complexity index is 1220. The number of rotatable bonds is 7. The lowest BCUT2D eigenvalue weighted by atomic mass is 10.1. The third kappa shape index (κ3) is 5.37. The van der Waals surface area contributed by atoms with E-state index in [9.17, 15) is 4.79 Å². The zero-order valence-corrected chi connectivity index (χ0v) is 18.3. The monoisotopic (exact) mass is 454 g/mol. The average Bonchev–Trinajstić information content (AvgIpc) is 3.16. The average molecular weight is 455 g/mol. The van der Waals surface area contributed by atoms with Crippen molar-refractivity contribution in [2.75, 3.05) is 11.9 Å². The number of benzene rings is 3. The quantitative estimate of drug-likeness (QED) is 0.355. The van der Waals surface area contributed by atoms with E-state index < -0.39 is 0 Å². The Labute approximate surface area is 189 Å². The van der Waals surface area contributed by atoms with Crippen LogP contribution in [0.2, 0.25) is 10.0 Å². The highest BCUT2D eigenvalue weighted by atomic mass is 35.5. The number of carbonyl (C=O) groups excluding carboxylic acids is 1. The summed E-state index contributed by atoms with van der Waals surface area (Å²) in [5, 5.41) is 3.66. The fourth-order valence-electron chi connectivity index (χ4n) is 3.13. The number of hydrogen-bond acceptors (Lipinski definition) is 4. The number of oxazole rings is 1. The van der Waals surface area contributed by atoms with E-state index in [-0.39, 0.29) is 12.5 Å². The van der Waals surface area contributed by atoms with E-state index in [0.29, 0.717) is 33.8 Å². The maximum absolute atomic E-state index is 12.2. The van der Waals surface area contributed by atoms with Gasteiger partial charge in [0, 0.05) is 17.1 Å². The lowest BCUT2D eigenvalue weighted by Crippen LogP contribution is -2.20. The zero-order chi connectivity index (χ0) is 21.8. The van der Waals surface area contributed by atoms with E-state index >= 15 is 0 Å². The van der Waals surface area contributed by atoms with Crippen molar-refractivity contribution in [3.63, 3.8) is 0 Å². The van der Waals surface area contributed by atoms with Crippen molar-refractivity contribution in [1.82, 2.24) is 4.98 Å². The van der Waals surface area contributed by atoms with Gasteiger partial charge >= 0.3 is 0 Å². The molecule has 3 aromatic carbocycles. The molecule has 0 saturated carbocycles. The molecule has 158 valence electrons. The van der Waals surface area contributed by atoms with E-state index in [0.717, 1.165) is 23.1 Å². The van der Waals surface area contributed by atoms with E-state index in [4.69, 9.17) is 32.4 Å². The molecule has 1 aromatic heterocycles. The molecular formula is C24H20Cl2N2O3. The number of amides is 1. The van der Waals surface area contributed by atoms with Crippen LogP contribution in [0.1, 0.15) is 23.9 Å². The zero-order valence-electron chi connectivity index (χ0n) is 16.8. The van der Waals surface area contributed by atoms with Crippen molar-refractivity contribution < 1.29 is 13.9 Å². The minimum atomic E-state index is -0.288. The third-order valence-electron chi connectivity index (χ3n) is 4.75. The second-order valence-corrected chi connectivity index (χ2v) is 7.89. The summed E-state index contributed by atoms with van der Waals surface area (Å²) in [5.74, 6) is 0.777. The summed E-state index contributed by atoms with van der Waals surface area (Å²) >= 11 is 11.9. The summed E-state index contributed by atoms with van der Waals surface area (Å²) in [6.07, 6.45) is 1.53. The molecule has 0 aliphatic rings. The number of hydrogen-bond donors (Lipinski definition) is 1. The third-order valence-corrected chi connectivity index (χ3v) is 5.28. The number of fused-ring (bicyclic) bond motifs is 1. The Morgan fingerprint density at radius 2 is 1.81 bits per heavy atom. The van der Waals surface area contributed by atoms with Gasteiger partial charge in [-0.25, -0.2) is 4.98 Å². The number of aromatic nitrogens is 1. The molecule has 4 aromatic rings. The number of carbonyl (C=O) groups is 1. The molecule has 4 rings (SSSR count). The first-order valence-corrected chi connectivity index (χ1v) is 10.6. The van der Waals surface area contributed by atoms with Crippen molar-refractivity contribution in [1.29, 1.82) is 0 Å². The molecule has 0 saturated heterocycles. The normalized spacial score (nSPS) is 10.9. The lowest BCUT2D eigenvalue weighted by molar-refractivity contribution is -0.118. The SMILES string of the molecule is CCc1ccc2oc(Cc3ccc(NC(=O)COc4ccc(Cl)cc4Cl)cc3)nc2c1. The highest BCUT2D eigenvalue weighted by Gasteiger charge is 2.09. The summed E-state index contributed by atoms with van der Waals surface area (Å²) in [4.78, 5) is 16.7. The first-order chi connectivity index (χ1) is 15.0. The molecule has 0 atom stereocenters. The van der Waals surface area contributed by atoms with Crippen LogP contribution >= 0.6 is 23.2 Å². The Balaban J connectivity index is 1.34. The van der Waals surface area contributed by atoms with Crippen molar-refractivity contribution in [3.05, 3.63) is 87.7 Å². The molecule has 1 N–H and O–H groups in total. The van der Waals surface area contributed by atoms with Gasteiger partial charge in [-0.3, -0.25) is 4.79 Å². The topological polar surface area (TPSA) is 64.4 Å². The molecule has 0 spiro atoms. The number of halogens is 2. The molecule has 0 bridgehead atoms. The number of aryl methyl sites for hydroxylation is 1. The minimum absolute atomic E-state index is 0.161. The molecule has 0 aliphatic heterocycles. The van der Waals surface area contributed by atoms with Crippen LogP contribution in [0.5, 0.6) is 5.75 Å². The lowest BCUT2D eigenvalue weighted by Gasteiger charge is -2.09. The van der Waals surface area contributed by atoms with Crippen molar-refractivity contribution in [2.45, 2.75) is 19.8 Å². The van der Waals surface area contributed by atoms with Crippen LogP contribution in [0.15, 0.2) is 65.1 Å². The van der Waals surface area contributed by atoms with Crippen molar-refractivity contribution in [2.24, 2.45) is 0 Å². The first-order valence-electron chi connectivity index (χ1n) is 9.85. The fraction of sp³-hybridized carbons (Fsp3) is 0.167. The number of ether oxygens (including phenoxy) is 1. The van der Waals surface area contributed by atoms with Gasteiger partial charge in [-0.1, -0.05) is 48.3 Å². The largest absolute Gasteiger partial charge is 0.482 e. The fourth-order valence-corrected chi connectivity index (χ4v) is 3.59. The Morgan fingerprint density at radius 3 is 2.55 bits per heavy atom. The van der Waals surface area contributed by atoms with E-state index in [2.05, 4.69) is 29.4 Å². The van der Waals surface area contributed by atoms with Crippen molar-refractivity contribution >= 4 is 45.9 Å². The van der Waals surface area contributed by atoms with Gasteiger partial charge in [0.1, 0.15) is 11.3 Å². The van der Waals surface area contributed by atoms with Gasteiger partial charge < -0.3 is 14.5 Å². The smallest absolute Gasteiger partial charge is 0.262 e. The van der Waals surface area contributed by atoms with E-state index in [1.807, 2.05) is 30.3 Å². The van der Waals surface area contributed by atoms with Crippen LogP contribution in [-0.4, -0.2) is 17.5 Å². The summed E-state index contributed by atoms with van der Waals surface area (Å²) in [7, 11) is 0. The van der Waals surface area contributed by atoms with Gasteiger partial charge in [0.2, 0.25) is 0 Å². The van der Waals surface area contributed by atoms with Crippen LogP contribution in [0.25, 0.3) is 11.1 Å². The van der Waals surface area contributed by atoms with E-state index in [1.54, 1.807) is 18.2 Å². The molecule has 1 heterocycles. The second kappa shape index (κ2) is 9.41. The highest BCUT2D eigenvalue weighted by molar-refractivity contribution is 6.35. The van der Waals surface area contributed by atoms with Crippen LogP contribution in [-0.2, 0) is 17.6 Å². The first kappa shape index (κ1) is 21.2. The maximum Gasteiger partial charge on any atom is 0.262 e. The highest BCUT2D eigenvalue weighted by Crippen LogP contribution is 2.27. The molecule has 0 radical (unpaired) electrons. The molecular weight excluding hydrogens is 435 g/mol. The molecule has 31 heavy (non-hydrogen) atoms. The van der Waals surface area contributed by atoms with E-state index in [1.165, 1.54) is 5.56 Å². The maximum atomic E-state index is 12.2. The molecule has 0 aliphatic carbocycles. The van der Waals surface area contributed by atoms with Gasteiger partial charge in [0.25, 0.3) is 5.91 Å². The molecule has 0 fully saturated rings. The minimum Gasteiger partial charge on any atom is -0.482 e. The summed E-state index contributed by atoms with van der Waals surface area (Å²) in [6.45, 7) is 1.95. The number of nitrogens with zero attached hydrogens (tertiary/aromatic N) is 1. The Morgan fingerprint density at radius 1 is 1.03 bits per heavy atom. The molecule has 1 amide bonds. The van der Waals surface area contributed by atoms with Gasteiger partial charge in [0.05, 0.1) is 5.02 Å². The molecule has 5 nitrogen and oxygen atoms in total. The second-order valence-electron chi connectivity index (χ2n) is 7.05. The summed E-state index contributed by atoms with van der Waals surface area (Å²) in [6, 6.07) is 18.4. The standard InChI is InChI=1S/C24H20Cl2N2O3/c1-2-15-5-9-22-20(11-15)28-24(31-22)12-16-3-7-18(8-4-16)27-23(29)14-30-21-10-6-17(25)13-19(21)26/h3-11,13H,2,12,14H2,1H3,(H,27,29). The van der Waals surface area contributed by atoms with Gasteiger partial charge in [-0.05, 0) is 60.0 Å². The summed E-state index contributed by atoms with van der Waals surface area (Å²) < 4.78 is 11.3. The molecule has 0 unspecified atom stereocenters. The molecule has 7 heteroatoms. The predicted octanol–water partition coefficient (Wildman–Crippen LogP) is 6.31. The summed E-state index contributed by atoms with van der Waals surface area (Å²) in [5.41, 5.74) is 4.60.